The number of non-ortho nitro benzene ring substituents is 1. The third-order valence-corrected chi connectivity index (χ3v) is 2.36. The standard InChI is InChI=1S/C10H7ClFN3O3/c11-4-3-9-13-14-10(18-9)7-2-1-6(15(16)17)5-8(7)12/h1-2,5H,3-4H2. The molecule has 0 amide bonds. The summed E-state index contributed by atoms with van der Waals surface area (Å²) >= 11 is 5.50. The van der Waals surface area contributed by atoms with Crippen LogP contribution >= 0.6 is 11.6 Å². The first kappa shape index (κ1) is 12.4. The molecule has 0 aliphatic rings. The van der Waals surface area contributed by atoms with Crippen molar-refractivity contribution >= 4 is 17.3 Å². The molecule has 0 saturated heterocycles. The molecule has 1 aromatic carbocycles. The molecule has 0 aliphatic heterocycles. The van der Waals surface area contributed by atoms with Gasteiger partial charge in [0, 0.05) is 18.4 Å². The van der Waals surface area contributed by atoms with E-state index < -0.39 is 10.7 Å². The third-order valence-electron chi connectivity index (χ3n) is 2.17. The predicted molar refractivity (Wildman–Crippen MR) is 60.8 cm³/mol. The summed E-state index contributed by atoms with van der Waals surface area (Å²) in [6, 6.07) is 3.20. The summed E-state index contributed by atoms with van der Waals surface area (Å²) in [5.74, 6) is -0.213. The number of hydrogen-bond donors (Lipinski definition) is 0. The first-order valence-electron chi connectivity index (χ1n) is 4.94. The van der Waals surface area contributed by atoms with Crippen molar-refractivity contribution in [1.29, 1.82) is 0 Å². The third kappa shape index (κ3) is 2.45. The van der Waals surface area contributed by atoms with Crippen molar-refractivity contribution in [1.82, 2.24) is 10.2 Å². The number of hydrogen-bond acceptors (Lipinski definition) is 5. The Bertz CT molecular complexity index is 587. The highest BCUT2D eigenvalue weighted by Gasteiger charge is 2.16. The molecule has 0 fully saturated rings. The SMILES string of the molecule is O=[N+]([O-])c1ccc(-c2nnc(CCCl)o2)c(F)c1. The Labute approximate surface area is 106 Å². The largest absolute Gasteiger partial charge is 0.421 e. The molecule has 1 heterocycles. The zero-order valence-electron chi connectivity index (χ0n) is 8.97. The fourth-order valence-corrected chi connectivity index (χ4v) is 1.50. The van der Waals surface area contributed by atoms with E-state index in [2.05, 4.69) is 10.2 Å². The molecule has 1 aromatic heterocycles. The fourth-order valence-electron chi connectivity index (χ4n) is 1.34. The van der Waals surface area contributed by atoms with Crippen LogP contribution in [0, 0.1) is 15.9 Å². The van der Waals surface area contributed by atoms with Gasteiger partial charge in [0.25, 0.3) is 11.6 Å². The molecular weight excluding hydrogens is 265 g/mol. The molecule has 0 atom stereocenters. The Morgan fingerprint density at radius 3 is 2.83 bits per heavy atom. The van der Waals surface area contributed by atoms with Crippen LogP contribution in [0.3, 0.4) is 0 Å². The van der Waals surface area contributed by atoms with Crippen molar-refractivity contribution in [2.24, 2.45) is 0 Å². The summed E-state index contributed by atoms with van der Waals surface area (Å²) in [6.07, 6.45) is 0.378. The Morgan fingerprint density at radius 1 is 1.44 bits per heavy atom. The molecule has 0 radical (unpaired) electrons. The van der Waals surface area contributed by atoms with Crippen LogP contribution in [0.2, 0.25) is 0 Å². The van der Waals surface area contributed by atoms with E-state index in [-0.39, 0.29) is 23.0 Å². The van der Waals surface area contributed by atoms with Crippen LogP contribution in [-0.2, 0) is 6.42 Å². The summed E-state index contributed by atoms with van der Waals surface area (Å²) < 4.78 is 18.8. The molecule has 0 saturated carbocycles. The second-order valence-electron chi connectivity index (χ2n) is 3.36. The lowest BCUT2D eigenvalue weighted by Gasteiger charge is -1.97. The van der Waals surface area contributed by atoms with E-state index in [0.29, 0.717) is 12.3 Å². The number of aryl methyl sites for hydroxylation is 1. The van der Waals surface area contributed by atoms with Crippen LogP contribution in [0.4, 0.5) is 10.1 Å². The van der Waals surface area contributed by atoms with E-state index in [0.717, 1.165) is 6.07 Å². The molecule has 0 aliphatic carbocycles. The normalized spacial score (nSPS) is 10.6. The summed E-state index contributed by atoms with van der Waals surface area (Å²) in [5.41, 5.74) is -0.314. The van der Waals surface area contributed by atoms with Crippen LogP contribution in [0.5, 0.6) is 0 Å². The summed E-state index contributed by atoms with van der Waals surface area (Å²) in [5, 5.41) is 17.8. The monoisotopic (exact) mass is 271 g/mol. The topological polar surface area (TPSA) is 82.1 Å². The van der Waals surface area contributed by atoms with Gasteiger partial charge in [0.05, 0.1) is 16.6 Å². The van der Waals surface area contributed by atoms with Gasteiger partial charge in [-0.2, -0.15) is 0 Å². The van der Waals surface area contributed by atoms with E-state index in [1.807, 2.05) is 0 Å². The number of nitro groups is 1. The number of nitro benzene ring substituents is 1. The van der Waals surface area contributed by atoms with Gasteiger partial charge in [0.2, 0.25) is 5.89 Å². The Hall–Kier alpha value is -2.02. The maximum Gasteiger partial charge on any atom is 0.272 e. The van der Waals surface area contributed by atoms with Gasteiger partial charge >= 0.3 is 0 Å². The predicted octanol–water partition coefficient (Wildman–Crippen LogP) is 2.57. The molecule has 8 heteroatoms. The van der Waals surface area contributed by atoms with Crippen LogP contribution < -0.4 is 0 Å². The van der Waals surface area contributed by atoms with Crippen molar-refractivity contribution in [3.8, 4) is 11.5 Å². The number of aromatic nitrogens is 2. The zero-order chi connectivity index (χ0) is 13.1. The van der Waals surface area contributed by atoms with Crippen LogP contribution in [0.25, 0.3) is 11.5 Å². The maximum absolute atomic E-state index is 13.6. The Morgan fingerprint density at radius 2 is 2.22 bits per heavy atom. The summed E-state index contributed by atoms with van der Waals surface area (Å²) in [4.78, 5) is 9.78. The van der Waals surface area contributed by atoms with E-state index >= 15 is 0 Å². The number of nitrogens with zero attached hydrogens (tertiary/aromatic N) is 3. The molecule has 2 rings (SSSR count). The first-order chi connectivity index (χ1) is 8.61. The van der Waals surface area contributed by atoms with E-state index in [1.54, 1.807) is 0 Å². The number of benzene rings is 1. The van der Waals surface area contributed by atoms with Crippen molar-refractivity contribution in [3.63, 3.8) is 0 Å². The van der Waals surface area contributed by atoms with Crippen LogP contribution in [0.15, 0.2) is 22.6 Å². The lowest BCUT2D eigenvalue weighted by atomic mass is 10.2. The lowest BCUT2D eigenvalue weighted by molar-refractivity contribution is -0.385. The zero-order valence-corrected chi connectivity index (χ0v) is 9.72. The molecule has 0 N–H and O–H groups in total. The highest BCUT2D eigenvalue weighted by molar-refractivity contribution is 6.17. The molecule has 94 valence electrons. The molecular formula is C10H7ClFN3O3. The number of alkyl halides is 1. The lowest BCUT2D eigenvalue weighted by Crippen LogP contribution is -1.91. The van der Waals surface area contributed by atoms with E-state index in [9.17, 15) is 14.5 Å². The summed E-state index contributed by atoms with van der Waals surface area (Å²) in [7, 11) is 0. The Kier molecular flexibility index (Phi) is 3.52. The van der Waals surface area contributed by atoms with Gasteiger partial charge < -0.3 is 4.42 Å². The van der Waals surface area contributed by atoms with Gasteiger partial charge in [-0.05, 0) is 6.07 Å². The fraction of sp³-hybridized carbons (Fsp3) is 0.200. The van der Waals surface area contributed by atoms with Gasteiger partial charge in [0.15, 0.2) is 0 Å². The van der Waals surface area contributed by atoms with Crippen LogP contribution in [-0.4, -0.2) is 21.0 Å². The van der Waals surface area contributed by atoms with Crippen molar-refractivity contribution < 1.29 is 13.7 Å². The van der Waals surface area contributed by atoms with Crippen LogP contribution in [0.1, 0.15) is 5.89 Å². The highest BCUT2D eigenvalue weighted by atomic mass is 35.5. The van der Waals surface area contributed by atoms with Crippen molar-refractivity contribution in [2.45, 2.75) is 6.42 Å². The van der Waals surface area contributed by atoms with Crippen molar-refractivity contribution in [3.05, 3.63) is 40.0 Å². The highest BCUT2D eigenvalue weighted by Crippen LogP contribution is 2.25. The minimum atomic E-state index is -0.787. The first-order valence-corrected chi connectivity index (χ1v) is 5.48. The Balaban J connectivity index is 2.35. The molecule has 0 spiro atoms. The molecule has 6 nitrogen and oxygen atoms in total. The summed E-state index contributed by atoms with van der Waals surface area (Å²) in [6.45, 7) is 0. The van der Waals surface area contributed by atoms with Gasteiger partial charge in [-0.15, -0.1) is 21.8 Å². The maximum atomic E-state index is 13.6. The molecule has 0 bridgehead atoms. The van der Waals surface area contributed by atoms with Gasteiger partial charge in [-0.1, -0.05) is 0 Å². The molecule has 0 unspecified atom stereocenters. The van der Waals surface area contributed by atoms with Gasteiger partial charge in [0.1, 0.15) is 5.82 Å². The average Bonchev–Trinajstić information content (AvgIpc) is 2.77. The number of halogens is 2. The minimum Gasteiger partial charge on any atom is -0.421 e. The smallest absolute Gasteiger partial charge is 0.272 e. The van der Waals surface area contributed by atoms with Crippen molar-refractivity contribution in [2.75, 3.05) is 5.88 Å². The second-order valence-corrected chi connectivity index (χ2v) is 3.74. The minimum absolute atomic E-state index is 0.0222. The van der Waals surface area contributed by atoms with E-state index in [1.165, 1.54) is 12.1 Å². The molecule has 18 heavy (non-hydrogen) atoms. The van der Waals surface area contributed by atoms with Gasteiger partial charge in [-0.25, -0.2) is 4.39 Å². The quantitative estimate of drug-likeness (QED) is 0.485. The average molecular weight is 272 g/mol. The number of rotatable bonds is 4. The molecule has 2 aromatic rings. The second kappa shape index (κ2) is 5.09. The van der Waals surface area contributed by atoms with E-state index in [4.69, 9.17) is 16.0 Å². The van der Waals surface area contributed by atoms with Gasteiger partial charge in [-0.3, -0.25) is 10.1 Å².